The summed E-state index contributed by atoms with van der Waals surface area (Å²) < 4.78 is 37.7. The van der Waals surface area contributed by atoms with E-state index in [-0.39, 0.29) is 12.1 Å². The van der Waals surface area contributed by atoms with Crippen molar-refractivity contribution in [2.45, 2.75) is 25.3 Å². The second kappa shape index (κ2) is 3.96. The van der Waals surface area contributed by atoms with Gasteiger partial charge in [-0.15, -0.1) is 0 Å². The zero-order chi connectivity index (χ0) is 10.8. The topological polar surface area (TPSA) is 38.9 Å². The molecule has 0 aliphatic heterocycles. The van der Waals surface area contributed by atoms with E-state index in [0.717, 1.165) is 0 Å². The second-order valence-electron chi connectivity index (χ2n) is 3.42. The largest absolute Gasteiger partial charge is 0.320 e. The van der Waals surface area contributed by atoms with Gasteiger partial charge in [0.2, 0.25) is 0 Å². The molecule has 2 N–H and O–H groups in total. The third-order valence-corrected chi connectivity index (χ3v) is 1.88. The van der Waals surface area contributed by atoms with Crippen molar-refractivity contribution >= 4 is 0 Å². The molecule has 1 heterocycles. The van der Waals surface area contributed by atoms with E-state index in [2.05, 4.69) is 4.98 Å². The second-order valence-corrected chi connectivity index (χ2v) is 3.42. The van der Waals surface area contributed by atoms with Gasteiger partial charge < -0.3 is 5.73 Å². The summed E-state index contributed by atoms with van der Waals surface area (Å²) in [4.78, 5) is 3.66. The van der Waals surface area contributed by atoms with E-state index in [9.17, 15) is 13.2 Å². The first-order valence-corrected chi connectivity index (χ1v) is 4.10. The quantitative estimate of drug-likeness (QED) is 0.814. The summed E-state index contributed by atoms with van der Waals surface area (Å²) in [6, 6.07) is 2.57. The van der Waals surface area contributed by atoms with Gasteiger partial charge in [0.25, 0.3) is 6.43 Å². The number of aromatic nitrogens is 1. The zero-order valence-corrected chi connectivity index (χ0v) is 7.67. The van der Waals surface area contributed by atoms with Crippen LogP contribution in [0.5, 0.6) is 0 Å². The van der Waals surface area contributed by atoms with Gasteiger partial charge in [-0.25, -0.2) is 13.2 Å². The van der Waals surface area contributed by atoms with Crippen LogP contribution in [-0.2, 0) is 6.42 Å². The van der Waals surface area contributed by atoms with Crippen molar-refractivity contribution in [1.82, 2.24) is 4.98 Å². The third kappa shape index (κ3) is 2.45. The van der Waals surface area contributed by atoms with Gasteiger partial charge in [0, 0.05) is 12.6 Å². The Morgan fingerprint density at radius 3 is 2.71 bits per heavy atom. The van der Waals surface area contributed by atoms with Crippen molar-refractivity contribution in [3.05, 3.63) is 29.8 Å². The smallest absolute Gasteiger partial charge is 0.256 e. The highest BCUT2D eigenvalue weighted by Crippen LogP contribution is 2.18. The number of pyridine rings is 1. The number of alkyl halides is 2. The Labute approximate surface area is 79.9 Å². The Morgan fingerprint density at radius 2 is 2.21 bits per heavy atom. The lowest BCUT2D eigenvalue weighted by Crippen LogP contribution is -2.46. The van der Waals surface area contributed by atoms with E-state index in [4.69, 9.17) is 5.73 Å². The van der Waals surface area contributed by atoms with Crippen LogP contribution in [0, 0.1) is 5.82 Å². The molecule has 0 aliphatic carbocycles. The maximum absolute atomic E-state index is 13.0. The van der Waals surface area contributed by atoms with Gasteiger partial charge in [-0.3, -0.25) is 4.98 Å². The minimum atomic E-state index is -2.70. The summed E-state index contributed by atoms with van der Waals surface area (Å²) in [7, 11) is 0. The Bertz CT molecular complexity index is 313. The summed E-state index contributed by atoms with van der Waals surface area (Å²) in [6.07, 6.45) is -1.64. The lowest BCUT2D eigenvalue weighted by Gasteiger charge is -2.22. The SMILES string of the molecule is CC(N)(Cc1ncccc1F)C(F)F. The van der Waals surface area contributed by atoms with Crippen molar-refractivity contribution in [3.8, 4) is 0 Å². The van der Waals surface area contributed by atoms with Crippen LogP contribution in [-0.4, -0.2) is 16.9 Å². The maximum Gasteiger partial charge on any atom is 0.256 e. The summed E-state index contributed by atoms with van der Waals surface area (Å²) in [6.45, 7) is 1.17. The standard InChI is InChI=1S/C9H11F3N2/c1-9(13,8(11)12)5-7-6(10)3-2-4-14-7/h2-4,8H,5,13H2,1H3. The van der Waals surface area contributed by atoms with E-state index >= 15 is 0 Å². The minimum absolute atomic E-state index is 0.0298. The number of halogens is 3. The van der Waals surface area contributed by atoms with Crippen LogP contribution in [0.15, 0.2) is 18.3 Å². The highest BCUT2D eigenvalue weighted by Gasteiger charge is 2.31. The first-order valence-electron chi connectivity index (χ1n) is 4.10. The highest BCUT2D eigenvalue weighted by atomic mass is 19.3. The summed E-state index contributed by atoms with van der Waals surface area (Å²) in [5.74, 6) is -0.607. The first-order chi connectivity index (χ1) is 6.43. The molecule has 1 unspecified atom stereocenters. The number of nitrogens with two attached hydrogens (primary N) is 1. The van der Waals surface area contributed by atoms with Crippen LogP contribution in [0.4, 0.5) is 13.2 Å². The van der Waals surface area contributed by atoms with Gasteiger partial charge in [0.1, 0.15) is 5.82 Å². The van der Waals surface area contributed by atoms with E-state index < -0.39 is 17.8 Å². The average molecular weight is 204 g/mol. The maximum atomic E-state index is 13.0. The van der Waals surface area contributed by atoms with E-state index in [1.54, 1.807) is 0 Å². The zero-order valence-electron chi connectivity index (χ0n) is 7.67. The van der Waals surface area contributed by atoms with Crippen LogP contribution in [0.2, 0.25) is 0 Å². The molecule has 5 heteroatoms. The fraction of sp³-hybridized carbons (Fsp3) is 0.444. The molecule has 14 heavy (non-hydrogen) atoms. The molecule has 0 radical (unpaired) electrons. The first kappa shape index (κ1) is 11.0. The van der Waals surface area contributed by atoms with Crippen LogP contribution in [0.25, 0.3) is 0 Å². The van der Waals surface area contributed by atoms with Crippen molar-refractivity contribution in [2.75, 3.05) is 0 Å². The van der Waals surface area contributed by atoms with Crippen LogP contribution < -0.4 is 5.73 Å². The monoisotopic (exact) mass is 204 g/mol. The van der Waals surface area contributed by atoms with Gasteiger partial charge in [0.15, 0.2) is 0 Å². The molecule has 1 atom stereocenters. The lowest BCUT2D eigenvalue weighted by molar-refractivity contribution is 0.0629. The number of hydrogen-bond donors (Lipinski definition) is 1. The van der Waals surface area contributed by atoms with Crippen molar-refractivity contribution < 1.29 is 13.2 Å². The minimum Gasteiger partial charge on any atom is -0.320 e. The summed E-state index contributed by atoms with van der Waals surface area (Å²) in [5.41, 5.74) is 3.53. The van der Waals surface area contributed by atoms with Gasteiger partial charge in [-0.05, 0) is 19.1 Å². The average Bonchev–Trinajstić information content (AvgIpc) is 2.08. The molecular formula is C9H11F3N2. The predicted molar refractivity (Wildman–Crippen MR) is 46.5 cm³/mol. The third-order valence-electron chi connectivity index (χ3n) is 1.88. The van der Waals surface area contributed by atoms with Crippen molar-refractivity contribution in [3.63, 3.8) is 0 Å². The van der Waals surface area contributed by atoms with Crippen molar-refractivity contribution in [1.29, 1.82) is 0 Å². The molecule has 1 aromatic rings. The molecule has 0 aliphatic rings. The summed E-state index contributed by atoms with van der Waals surface area (Å²) >= 11 is 0. The van der Waals surface area contributed by atoms with Crippen LogP contribution in [0.3, 0.4) is 0 Å². The molecule has 0 saturated carbocycles. The molecule has 1 rings (SSSR count). The molecule has 0 bridgehead atoms. The number of hydrogen-bond acceptors (Lipinski definition) is 2. The van der Waals surface area contributed by atoms with E-state index in [1.165, 1.54) is 25.3 Å². The molecule has 1 aromatic heterocycles. The number of rotatable bonds is 3. The normalized spacial score (nSPS) is 15.6. The molecule has 78 valence electrons. The van der Waals surface area contributed by atoms with Crippen LogP contribution in [0.1, 0.15) is 12.6 Å². The van der Waals surface area contributed by atoms with Gasteiger partial charge in [0.05, 0.1) is 11.2 Å². The van der Waals surface area contributed by atoms with Gasteiger partial charge in [-0.2, -0.15) is 0 Å². The molecule has 2 nitrogen and oxygen atoms in total. The van der Waals surface area contributed by atoms with Crippen LogP contribution >= 0.6 is 0 Å². The Balaban J connectivity index is 2.84. The lowest BCUT2D eigenvalue weighted by atomic mass is 9.97. The van der Waals surface area contributed by atoms with E-state index in [1.807, 2.05) is 0 Å². The highest BCUT2D eigenvalue weighted by molar-refractivity contribution is 5.10. The van der Waals surface area contributed by atoms with E-state index in [0.29, 0.717) is 0 Å². The molecular weight excluding hydrogens is 193 g/mol. The van der Waals surface area contributed by atoms with Gasteiger partial charge in [-0.1, -0.05) is 0 Å². The molecule has 0 amide bonds. The number of nitrogens with zero attached hydrogens (tertiary/aromatic N) is 1. The molecule has 0 aromatic carbocycles. The van der Waals surface area contributed by atoms with Crippen molar-refractivity contribution in [2.24, 2.45) is 5.73 Å². The Kier molecular flexibility index (Phi) is 3.10. The predicted octanol–water partition coefficient (Wildman–Crippen LogP) is 1.75. The molecule has 0 spiro atoms. The van der Waals surface area contributed by atoms with Gasteiger partial charge >= 0.3 is 0 Å². The fourth-order valence-electron chi connectivity index (χ4n) is 0.986. The molecule has 0 fully saturated rings. The Hall–Kier alpha value is -1.10. The molecule has 0 saturated heterocycles. The Morgan fingerprint density at radius 1 is 1.57 bits per heavy atom. The summed E-state index contributed by atoms with van der Waals surface area (Å²) in [5, 5.41) is 0. The fourth-order valence-corrected chi connectivity index (χ4v) is 0.986.